The lowest BCUT2D eigenvalue weighted by atomic mass is 9.70. The smallest absolute Gasteiger partial charge is 0.326 e. The maximum Gasteiger partial charge on any atom is 0.326 e. The first-order chi connectivity index (χ1) is 13.0. The SMILES string of the molecule is COC(=O)[C@@]1(N2CCCCC2)CCC[C@H]1[C@H](c1ccccc1)C(C)[N+](=O)[O-]. The quantitative estimate of drug-likeness (QED) is 0.432. The number of hydrogen-bond donors (Lipinski definition) is 0. The van der Waals surface area contributed by atoms with Gasteiger partial charge in [-0.1, -0.05) is 43.2 Å². The van der Waals surface area contributed by atoms with Crippen molar-refractivity contribution in [1.29, 1.82) is 0 Å². The maximum atomic E-state index is 13.1. The van der Waals surface area contributed by atoms with Crippen molar-refractivity contribution in [2.75, 3.05) is 20.2 Å². The van der Waals surface area contributed by atoms with Crippen molar-refractivity contribution in [2.45, 2.75) is 62.9 Å². The first-order valence-electron chi connectivity index (χ1n) is 10.0. The molecule has 1 unspecified atom stereocenters. The molecule has 1 aliphatic heterocycles. The van der Waals surface area contributed by atoms with E-state index in [1.54, 1.807) is 6.92 Å². The molecule has 1 saturated heterocycles. The largest absolute Gasteiger partial charge is 0.468 e. The van der Waals surface area contributed by atoms with Crippen LogP contribution in [0.25, 0.3) is 0 Å². The van der Waals surface area contributed by atoms with Gasteiger partial charge in [0.2, 0.25) is 6.04 Å². The summed E-state index contributed by atoms with van der Waals surface area (Å²) in [6.07, 6.45) is 5.72. The van der Waals surface area contributed by atoms with Gasteiger partial charge in [0.05, 0.1) is 13.0 Å². The van der Waals surface area contributed by atoms with Crippen LogP contribution >= 0.6 is 0 Å². The minimum Gasteiger partial charge on any atom is -0.468 e. The Balaban J connectivity index is 2.07. The lowest BCUT2D eigenvalue weighted by molar-refractivity contribution is -0.524. The van der Waals surface area contributed by atoms with E-state index in [1.807, 2.05) is 30.3 Å². The Hall–Kier alpha value is -1.95. The van der Waals surface area contributed by atoms with Gasteiger partial charge in [-0.3, -0.25) is 19.8 Å². The highest BCUT2D eigenvalue weighted by Crippen LogP contribution is 2.50. The number of carbonyl (C=O) groups is 1. The van der Waals surface area contributed by atoms with E-state index in [0.29, 0.717) is 0 Å². The zero-order valence-corrected chi connectivity index (χ0v) is 16.3. The molecular formula is C21H30N2O4. The van der Waals surface area contributed by atoms with Gasteiger partial charge in [-0.25, -0.2) is 0 Å². The van der Waals surface area contributed by atoms with E-state index in [4.69, 9.17) is 4.74 Å². The molecule has 6 heteroatoms. The molecule has 0 bridgehead atoms. The number of ether oxygens (including phenoxy) is 1. The Morgan fingerprint density at radius 2 is 1.89 bits per heavy atom. The number of likely N-dealkylation sites (tertiary alicyclic amines) is 1. The van der Waals surface area contributed by atoms with Crippen molar-refractivity contribution in [2.24, 2.45) is 5.92 Å². The van der Waals surface area contributed by atoms with Crippen LogP contribution in [0.1, 0.15) is 56.9 Å². The molecule has 1 aromatic carbocycles. The van der Waals surface area contributed by atoms with E-state index in [2.05, 4.69) is 4.90 Å². The summed E-state index contributed by atoms with van der Waals surface area (Å²) in [6, 6.07) is 8.92. The number of rotatable bonds is 6. The van der Waals surface area contributed by atoms with Crippen molar-refractivity contribution in [3.63, 3.8) is 0 Å². The fourth-order valence-corrected chi connectivity index (χ4v) is 5.39. The summed E-state index contributed by atoms with van der Waals surface area (Å²) in [7, 11) is 1.44. The number of nitrogens with zero attached hydrogens (tertiary/aromatic N) is 2. The van der Waals surface area contributed by atoms with Crippen molar-refractivity contribution in [1.82, 2.24) is 4.90 Å². The van der Waals surface area contributed by atoms with Crippen molar-refractivity contribution in [3.05, 3.63) is 46.0 Å². The van der Waals surface area contributed by atoms with Crippen LogP contribution in [0, 0.1) is 16.0 Å². The van der Waals surface area contributed by atoms with Crippen LogP contribution < -0.4 is 0 Å². The number of carbonyl (C=O) groups excluding carboxylic acids is 1. The second kappa shape index (κ2) is 8.38. The molecule has 3 rings (SSSR count). The first-order valence-corrected chi connectivity index (χ1v) is 10.0. The van der Waals surface area contributed by atoms with Crippen LogP contribution in [-0.2, 0) is 9.53 Å². The minimum absolute atomic E-state index is 0.120. The van der Waals surface area contributed by atoms with E-state index >= 15 is 0 Å². The Morgan fingerprint density at radius 3 is 2.48 bits per heavy atom. The Kier molecular flexibility index (Phi) is 6.15. The molecule has 0 amide bonds. The Bertz CT molecular complexity index is 659. The Morgan fingerprint density at radius 1 is 1.22 bits per heavy atom. The fourth-order valence-electron chi connectivity index (χ4n) is 5.39. The maximum absolute atomic E-state index is 13.1. The van der Waals surface area contributed by atoms with E-state index < -0.39 is 11.6 Å². The van der Waals surface area contributed by atoms with Gasteiger partial charge in [-0.2, -0.15) is 0 Å². The van der Waals surface area contributed by atoms with Crippen LogP contribution in [0.2, 0.25) is 0 Å². The molecule has 148 valence electrons. The molecule has 0 N–H and O–H groups in total. The summed E-state index contributed by atoms with van der Waals surface area (Å²) >= 11 is 0. The number of hydrogen-bond acceptors (Lipinski definition) is 5. The number of esters is 1. The van der Waals surface area contributed by atoms with Gasteiger partial charge in [-0.15, -0.1) is 0 Å². The molecular weight excluding hydrogens is 344 g/mol. The Labute approximate surface area is 161 Å². The predicted octanol–water partition coefficient (Wildman–Crippen LogP) is 3.63. The molecule has 1 saturated carbocycles. The topological polar surface area (TPSA) is 72.7 Å². The van der Waals surface area contributed by atoms with Crippen molar-refractivity contribution >= 4 is 5.97 Å². The van der Waals surface area contributed by atoms with Crippen LogP contribution in [0.15, 0.2) is 30.3 Å². The second-order valence-corrected chi connectivity index (χ2v) is 7.92. The van der Waals surface area contributed by atoms with Gasteiger partial charge in [-0.05, 0) is 44.3 Å². The molecule has 4 atom stereocenters. The summed E-state index contributed by atoms with van der Waals surface area (Å²) in [5.74, 6) is -0.654. The number of methoxy groups -OCH3 is 1. The summed E-state index contributed by atoms with van der Waals surface area (Å²) < 4.78 is 5.30. The van der Waals surface area contributed by atoms with Crippen molar-refractivity contribution < 1.29 is 14.5 Å². The molecule has 27 heavy (non-hydrogen) atoms. The van der Waals surface area contributed by atoms with Gasteiger partial charge in [0, 0.05) is 17.8 Å². The molecule has 1 aliphatic carbocycles. The average molecular weight is 374 g/mol. The highest BCUT2D eigenvalue weighted by atomic mass is 16.6. The third-order valence-electron chi connectivity index (χ3n) is 6.62. The van der Waals surface area contributed by atoms with Gasteiger partial charge < -0.3 is 4.74 Å². The van der Waals surface area contributed by atoms with E-state index in [0.717, 1.165) is 50.8 Å². The normalized spacial score (nSPS) is 28.4. The summed E-state index contributed by atoms with van der Waals surface area (Å²) in [4.78, 5) is 27.0. The minimum atomic E-state index is -0.760. The molecule has 2 fully saturated rings. The fraction of sp³-hybridized carbons (Fsp3) is 0.667. The van der Waals surface area contributed by atoms with E-state index in [9.17, 15) is 14.9 Å². The van der Waals surface area contributed by atoms with Crippen LogP contribution in [0.4, 0.5) is 0 Å². The average Bonchev–Trinajstić information content (AvgIpc) is 3.14. The third-order valence-corrected chi connectivity index (χ3v) is 6.62. The van der Waals surface area contributed by atoms with E-state index in [1.165, 1.54) is 13.5 Å². The number of nitro groups is 1. The third kappa shape index (κ3) is 3.59. The molecule has 0 radical (unpaired) electrons. The van der Waals surface area contributed by atoms with Crippen LogP contribution in [0.3, 0.4) is 0 Å². The van der Waals surface area contributed by atoms with Crippen molar-refractivity contribution in [3.8, 4) is 0 Å². The molecule has 1 aromatic rings. The lowest BCUT2D eigenvalue weighted by Gasteiger charge is -2.47. The molecule has 6 nitrogen and oxygen atoms in total. The summed E-state index contributed by atoms with van der Waals surface area (Å²) in [6.45, 7) is 3.40. The monoisotopic (exact) mass is 374 g/mol. The summed E-state index contributed by atoms with van der Waals surface area (Å²) in [5, 5.41) is 11.8. The zero-order chi connectivity index (χ0) is 19.4. The number of piperidine rings is 1. The van der Waals surface area contributed by atoms with Crippen LogP contribution in [0.5, 0.6) is 0 Å². The van der Waals surface area contributed by atoms with Gasteiger partial charge in [0.15, 0.2) is 0 Å². The highest BCUT2D eigenvalue weighted by molar-refractivity contribution is 5.82. The molecule has 2 aliphatic rings. The first kappa shape index (κ1) is 19.8. The van der Waals surface area contributed by atoms with E-state index in [-0.39, 0.29) is 22.7 Å². The number of benzene rings is 1. The zero-order valence-electron chi connectivity index (χ0n) is 16.3. The second-order valence-electron chi connectivity index (χ2n) is 7.92. The molecule has 0 aromatic heterocycles. The lowest BCUT2D eigenvalue weighted by Crippen LogP contribution is -2.61. The van der Waals surface area contributed by atoms with Crippen LogP contribution in [-0.4, -0.2) is 47.6 Å². The standard InChI is InChI=1S/C21H30N2O4/c1-16(23(25)26)19(17-10-5-3-6-11-17)18-12-9-13-21(18,20(24)27-2)22-14-7-4-8-15-22/h3,5-6,10-11,16,18-19H,4,7-9,12-15H2,1-2H3/t16?,18-,19-,21+/m0/s1. The molecule has 1 heterocycles. The van der Waals surface area contributed by atoms with Gasteiger partial charge in [0.1, 0.15) is 5.54 Å². The van der Waals surface area contributed by atoms with Gasteiger partial charge >= 0.3 is 5.97 Å². The predicted molar refractivity (Wildman–Crippen MR) is 103 cm³/mol. The molecule has 0 spiro atoms. The van der Waals surface area contributed by atoms with Gasteiger partial charge in [0.25, 0.3) is 0 Å². The highest BCUT2D eigenvalue weighted by Gasteiger charge is 2.58. The summed E-state index contributed by atoms with van der Waals surface area (Å²) in [5.41, 5.74) is 0.193.